The highest BCUT2D eigenvalue weighted by Crippen LogP contribution is 2.26. The van der Waals surface area contributed by atoms with Gasteiger partial charge >= 0.3 is 5.97 Å². The maximum atomic E-state index is 13.0. The van der Waals surface area contributed by atoms with Crippen LogP contribution in [0.2, 0.25) is 0 Å². The van der Waals surface area contributed by atoms with Crippen LogP contribution in [0.15, 0.2) is 0 Å². The van der Waals surface area contributed by atoms with Gasteiger partial charge in [0.1, 0.15) is 5.69 Å². The lowest BCUT2D eigenvalue weighted by Gasteiger charge is -2.35. The summed E-state index contributed by atoms with van der Waals surface area (Å²) in [4.78, 5) is 30.0. The number of carbonyl (C=O) groups excluding carboxylic acids is 2. The van der Waals surface area contributed by atoms with Crippen LogP contribution in [0.25, 0.3) is 0 Å². The largest absolute Gasteiger partial charge is 0.464 e. The van der Waals surface area contributed by atoms with Gasteiger partial charge in [0.05, 0.1) is 13.2 Å². The zero-order valence-electron chi connectivity index (χ0n) is 14.9. The van der Waals surface area contributed by atoms with Crippen molar-refractivity contribution in [3.8, 4) is 0 Å². The van der Waals surface area contributed by atoms with Gasteiger partial charge in [-0.25, -0.2) is 4.79 Å². The van der Waals surface area contributed by atoms with E-state index >= 15 is 0 Å². The Morgan fingerprint density at radius 1 is 1.22 bits per heavy atom. The first-order valence-corrected chi connectivity index (χ1v) is 8.42. The number of ketones is 1. The molecule has 0 amide bonds. The smallest absolute Gasteiger partial charge is 0.354 e. The third-order valence-corrected chi connectivity index (χ3v) is 5.21. The minimum absolute atomic E-state index is 0.0690. The summed E-state index contributed by atoms with van der Waals surface area (Å²) >= 11 is 0. The van der Waals surface area contributed by atoms with Crippen molar-refractivity contribution in [2.24, 2.45) is 0 Å². The van der Waals surface area contributed by atoms with Gasteiger partial charge in [-0.2, -0.15) is 0 Å². The third kappa shape index (κ3) is 3.50. The number of esters is 1. The van der Waals surface area contributed by atoms with Gasteiger partial charge < -0.3 is 9.72 Å². The lowest BCUT2D eigenvalue weighted by Crippen LogP contribution is -2.44. The van der Waals surface area contributed by atoms with Gasteiger partial charge in [-0.15, -0.1) is 0 Å². The van der Waals surface area contributed by atoms with E-state index in [9.17, 15) is 9.59 Å². The summed E-state index contributed by atoms with van der Waals surface area (Å²) in [5.74, 6) is -0.364. The zero-order chi connectivity index (χ0) is 17.1. The number of H-pyrrole nitrogens is 1. The van der Waals surface area contributed by atoms with E-state index < -0.39 is 5.97 Å². The summed E-state index contributed by atoms with van der Waals surface area (Å²) in [7, 11) is 3.38. The van der Waals surface area contributed by atoms with Crippen molar-refractivity contribution in [1.29, 1.82) is 0 Å². The predicted molar refractivity (Wildman–Crippen MR) is 90.0 cm³/mol. The van der Waals surface area contributed by atoms with Crippen molar-refractivity contribution in [1.82, 2.24) is 9.88 Å². The monoisotopic (exact) mass is 320 g/mol. The maximum absolute atomic E-state index is 13.0. The number of methoxy groups -OCH3 is 1. The Kier molecular flexibility index (Phi) is 5.63. The van der Waals surface area contributed by atoms with Gasteiger partial charge in [0.15, 0.2) is 5.78 Å². The highest BCUT2D eigenvalue weighted by molar-refractivity contribution is 6.05. The number of Topliss-reactive ketones (excluding diaryl/α,β-unsaturated/α-hetero) is 1. The van der Waals surface area contributed by atoms with Crippen LogP contribution >= 0.6 is 0 Å². The van der Waals surface area contributed by atoms with Crippen LogP contribution in [0.3, 0.4) is 0 Å². The molecule has 1 aliphatic rings. The summed E-state index contributed by atoms with van der Waals surface area (Å²) in [6, 6.07) is 0.277. The Balaban J connectivity index is 2.22. The predicted octanol–water partition coefficient (Wildman–Crippen LogP) is 3.25. The molecule has 1 atom stereocenters. The molecule has 128 valence electrons. The summed E-state index contributed by atoms with van der Waals surface area (Å²) in [6.07, 6.45) is 6.10. The molecule has 1 aromatic heterocycles. The topological polar surface area (TPSA) is 62.4 Å². The van der Waals surface area contributed by atoms with E-state index in [-0.39, 0.29) is 11.8 Å². The lowest BCUT2D eigenvalue weighted by atomic mass is 9.92. The van der Waals surface area contributed by atoms with E-state index in [1.54, 1.807) is 6.92 Å². The van der Waals surface area contributed by atoms with Crippen molar-refractivity contribution in [2.75, 3.05) is 14.2 Å². The number of hydrogen-bond donors (Lipinski definition) is 1. The number of nitrogens with one attached hydrogen (secondary N) is 1. The molecule has 0 aromatic carbocycles. The number of aromatic nitrogens is 1. The van der Waals surface area contributed by atoms with Crippen molar-refractivity contribution >= 4 is 11.8 Å². The second-order valence-electron chi connectivity index (χ2n) is 6.61. The van der Waals surface area contributed by atoms with Crippen LogP contribution < -0.4 is 0 Å². The third-order valence-electron chi connectivity index (χ3n) is 5.21. The van der Waals surface area contributed by atoms with E-state index in [4.69, 9.17) is 4.74 Å². The molecule has 0 saturated heterocycles. The van der Waals surface area contributed by atoms with E-state index in [1.807, 2.05) is 20.9 Å². The summed E-state index contributed by atoms with van der Waals surface area (Å²) < 4.78 is 4.78. The molecular weight excluding hydrogens is 292 g/mol. The Labute approximate surface area is 138 Å². The molecular formula is C18H28N2O3. The molecule has 1 aliphatic carbocycles. The fourth-order valence-electron chi connectivity index (χ4n) is 3.62. The van der Waals surface area contributed by atoms with Gasteiger partial charge in [0, 0.05) is 17.3 Å². The van der Waals surface area contributed by atoms with Crippen molar-refractivity contribution < 1.29 is 14.3 Å². The van der Waals surface area contributed by atoms with Crippen molar-refractivity contribution in [3.63, 3.8) is 0 Å². The number of aromatic amines is 1. The molecule has 2 rings (SSSR count). The quantitative estimate of drug-likeness (QED) is 0.668. The Bertz CT molecular complexity index is 585. The van der Waals surface area contributed by atoms with E-state index in [1.165, 1.54) is 26.4 Å². The molecule has 1 unspecified atom stereocenters. The summed E-state index contributed by atoms with van der Waals surface area (Å²) in [5, 5.41) is 0. The Morgan fingerprint density at radius 3 is 2.39 bits per heavy atom. The Hall–Kier alpha value is -1.62. The number of hydrogen-bond acceptors (Lipinski definition) is 4. The lowest BCUT2D eigenvalue weighted by molar-refractivity contribution is 0.0594. The van der Waals surface area contributed by atoms with Gasteiger partial charge in [-0.05, 0) is 46.2 Å². The van der Waals surface area contributed by atoms with Crippen LogP contribution in [0.1, 0.15) is 71.1 Å². The first kappa shape index (κ1) is 17.7. The molecule has 1 N–H and O–H groups in total. The van der Waals surface area contributed by atoms with Gasteiger partial charge in [0.2, 0.25) is 0 Å². The molecule has 0 bridgehead atoms. The first-order valence-electron chi connectivity index (χ1n) is 8.42. The average molecular weight is 320 g/mol. The van der Waals surface area contributed by atoms with E-state index in [2.05, 4.69) is 9.88 Å². The second-order valence-corrected chi connectivity index (χ2v) is 6.61. The molecule has 1 aromatic rings. The fourth-order valence-corrected chi connectivity index (χ4v) is 3.62. The van der Waals surface area contributed by atoms with Crippen LogP contribution in [0, 0.1) is 13.8 Å². The van der Waals surface area contributed by atoms with Crippen LogP contribution in [0.4, 0.5) is 0 Å². The first-order chi connectivity index (χ1) is 10.9. The maximum Gasteiger partial charge on any atom is 0.354 e. The van der Waals surface area contributed by atoms with Crippen molar-refractivity contribution in [3.05, 3.63) is 22.5 Å². The molecule has 0 radical (unpaired) electrons. The number of nitrogens with zero attached hydrogens (tertiary/aromatic N) is 1. The van der Waals surface area contributed by atoms with Gasteiger partial charge in [0.25, 0.3) is 0 Å². The zero-order valence-corrected chi connectivity index (χ0v) is 14.9. The molecule has 1 saturated carbocycles. The molecule has 1 heterocycles. The van der Waals surface area contributed by atoms with E-state index in [0.29, 0.717) is 22.9 Å². The molecule has 5 heteroatoms. The van der Waals surface area contributed by atoms with Crippen LogP contribution in [-0.4, -0.2) is 47.9 Å². The standard InChI is InChI=1S/C18H28N2O3/c1-11-15(12(2)19-16(11)18(22)23-5)17(21)13(3)20(4)14-9-7-6-8-10-14/h13-14,19H,6-10H2,1-5H3. The molecule has 0 aliphatic heterocycles. The minimum Gasteiger partial charge on any atom is -0.464 e. The number of ether oxygens (including phenoxy) is 1. The molecule has 0 spiro atoms. The van der Waals surface area contributed by atoms with Crippen molar-refractivity contribution in [2.45, 2.75) is 65.0 Å². The van der Waals surface area contributed by atoms with Gasteiger partial charge in [-0.1, -0.05) is 19.3 Å². The SMILES string of the molecule is COC(=O)c1[nH]c(C)c(C(=O)C(C)N(C)C2CCCCC2)c1C. The molecule has 23 heavy (non-hydrogen) atoms. The minimum atomic E-state index is -0.432. The molecule has 5 nitrogen and oxygen atoms in total. The summed E-state index contributed by atoms with van der Waals surface area (Å²) in [5.41, 5.74) is 2.42. The van der Waals surface area contributed by atoms with Gasteiger partial charge in [-0.3, -0.25) is 9.69 Å². The van der Waals surface area contributed by atoms with E-state index in [0.717, 1.165) is 18.5 Å². The molecule has 1 fully saturated rings. The number of carbonyl (C=O) groups is 2. The summed E-state index contributed by atoms with van der Waals surface area (Å²) in [6.45, 7) is 5.59. The average Bonchev–Trinajstić information content (AvgIpc) is 2.87. The fraction of sp³-hybridized carbons (Fsp3) is 0.667. The highest BCUT2D eigenvalue weighted by atomic mass is 16.5. The Morgan fingerprint density at radius 2 is 1.83 bits per heavy atom. The second kappa shape index (κ2) is 7.30. The van der Waals surface area contributed by atoms with Crippen LogP contribution in [0.5, 0.6) is 0 Å². The van der Waals surface area contributed by atoms with Crippen LogP contribution in [-0.2, 0) is 4.74 Å². The number of likely N-dealkylation sites (N-methyl/N-ethyl adjacent to an activating group) is 1. The normalized spacial score (nSPS) is 17.3. The highest BCUT2D eigenvalue weighted by Gasteiger charge is 2.30. The number of rotatable bonds is 5. The number of aryl methyl sites for hydroxylation is 1.